The van der Waals surface area contributed by atoms with Crippen molar-refractivity contribution in [2.45, 2.75) is 37.0 Å². The van der Waals surface area contributed by atoms with Crippen molar-refractivity contribution >= 4 is 17.1 Å². The molecule has 2 heteroatoms. The number of benzene rings is 10. The van der Waals surface area contributed by atoms with E-state index in [-0.39, 0.29) is 11.2 Å². The van der Waals surface area contributed by atoms with Crippen LogP contribution in [0.15, 0.2) is 249 Å². The highest BCUT2D eigenvalue weighted by Gasteiger charge is 2.48. The van der Waals surface area contributed by atoms with Crippen LogP contribution in [0.5, 0.6) is 5.75 Å². The zero-order valence-corrected chi connectivity index (χ0v) is 38.6. The van der Waals surface area contributed by atoms with E-state index in [1.807, 2.05) is 12.1 Å². The van der Waals surface area contributed by atoms with E-state index < -0.39 is 10.8 Å². The van der Waals surface area contributed by atoms with Gasteiger partial charge in [-0.2, -0.15) is 0 Å². The average Bonchev–Trinajstić information content (AvgIpc) is 3.85. The summed E-state index contributed by atoms with van der Waals surface area (Å²) >= 11 is 0. The van der Waals surface area contributed by atoms with Crippen molar-refractivity contribution < 1.29 is 5.11 Å². The van der Waals surface area contributed by atoms with Gasteiger partial charge >= 0.3 is 0 Å². The first kappa shape index (κ1) is 41.2. The van der Waals surface area contributed by atoms with Gasteiger partial charge in [0.2, 0.25) is 0 Å². The van der Waals surface area contributed by atoms with E-state index in [9.17, 15) is 5.11 Å². The second kappa shape index (κ2) is 16.0. The first-order valence-corrected chi connectivity index (χ1v) is 23.7. The Morgan fingerprint density at radius 2 is 0.691 bits per heavy atom. The minimum absolute atomic E-state index is 0.00467. The molecule has 0 radical (unpaired) electrons. The van der Waals surface area contributed by atoms with Gasteiger partial charge in [-0.3, -0.25) is 0 Å². The van der Waals surface area contributed by atoms with Gasteiger partial charge in [-0.25, -0.2) is 0 Å². The predicted octanol–water partition coefficient (Wildman–Crippen LogP) is 16.6. The molecular formula is C66H51NO. The maximum Gasteiger partial charge on any atom is 0.115 e. The second-order valence-electron chi connectivity index (χ2n) is 19.4. The van der Waals surface area contributed by atoms with Gasteiger partial charge in [0.1, 0.15) is 5.75 Å². The van der Waals surface area contributed by atoms with Crippen molar-refractivity contribution in [2.75, 3.05) is 4.90 Å². The lowest BCUT2D eigenvalue weighted by Gasteiger charge is -2.36. The van der Waals surface area contributed by atoms with E-state index in [4.69, 9.17) is 0 Å². The Morgan fingerprint density at radius 1 is 0.324 bits per heavy atom. The van der Waals surface area contributed by atoms with Gasteiger partial charge in [0.25, 0.3) is 0 Å². The minimum atomic E-state index is -0.676. The van der Waals surface area contributed by atoms with Crippen LogP contribution in [-0.4, -0.2) is 5.11 Å². The van der Waals surface area contributed by atoms with Crippen molar-refractivity contribution in [3.63, 3.8) is 0 Å². The van der Waals surface area contributed by atoms with Crippen LogP contribution in [0.25, 0.3) is 33.4 Å². The maximum atomic E-state index is 10.7. The molecule has 0 saturated carbocycles. The molecule has 1 unspecified atom stereocenters. The minimum Gasteiger partial charge on any atom is -0.508 e. The van der Waals surface area contributed by atoms with Crippen molar-refractivity contribution in [2.24, 2.45) is 0 Å². The van der Waals surface area contributed by atoms with Gasteiger partial charge < -0.3 is 10.0 Å². The van der Waals surface area contributed by atoms with E-state index in [0.717, 1.165) is 22.6 Å². The highest BCUT2D eigenvalue weighted by atomic mass is 16.3. The maximum absolute atomic E-state index is 10.7. The van der Waals surface area contributed by atoms with E-state index >= 15 is 0 Å². The standard InChI is InChI=1S/C66H51NO/c1-64(2,3)47-29-31-50(32-30-47)66(51-33-39-55(68)40-34-51)61-26-16-14-24-57(61)59-42-38-54(44-63(59)66)67(52-35-27-46(28-36-52)45-17-7-4-8-18-45)53-37-41-58-56-23-13-15-25-60(56)65(62(58)43-53,48-19-9-5-10-20-48)49-21-11-6-12-22-49/h4-44,68H,1-3H3. The number of nitrogens with zero attached hydrogens (tertiary/aromatic N) is 1. The third-order valence-electron chi connectivity index (χ3n) is 14.7. The monoisotopic (exact) mass is 873 g/mol. The Labute approximate surface area is 400 Å². The lowest BCUT2D eigenvalue weighted by Crippen LogP contribution is -2.29. The van der Waals surface area contributed by atoms with Crippen LogP contribution in [0.4, 0.5) is 17.1 Å². The van der Waals surface area contributed by atoms with Crippen LogP contribution in [-0.2, 0) is 16.2 Å². The Morgan fingerprint density at radius 3 is 1.16 bits per heavy atom. The number of aromatic hydroxyl groups is 1. The number of fused-ring (bicyclic) bond motifs is 6. The largest absolute Gasteiger partial charge is 0.508 e. The van der Waals surface area contributed by atoms with Crippen LogP contribution in [0.1, 0.15) is 70.8 Å². The summed E-state index contributed by atoms with van der Waals surface area (Å²) in [5.41, 5.74) is 20.2. The topological polar surface area (TPSA) is 23.5 Å². The third-order valence-corrected chi connectivity index (χ3v) is 14.7. The van der Waals surface area contributed by atoms with Crippen LogP contribution in [0.3, 0.4) is 0 Å². The fourth-order valence-corrected chi connectivity index (χ4v) is 11.6. The molecule has 10 aromatic rings. The summed E-state index contributed by atoms with van der Waals surface area (Å²) in [5, 5.41) is 10.7. The Bertz CT molecular complexity index is 3420. The quantitative estimate of drug-likeness (QED) is 0.164. The highest BCUT2D eigenvalue weighted by molar-refractivity contribution is 5.92. The number of hydrogen-bond donors (Lipinski definition) is 1. The van der Waals surface area contributed by atoms with Gasteiger partial charge in [-0.1, -0.05) is 221 Å². The predicted molar refractivity (Wildman–Crippen MR) is 282 cm³/mol. The number of rotatable bonds is 8. The van der Waals surface area contributed by atoms with Gasteiger partial charge in [0, 0.05) is 17.1 Å². The molecule has 2 aliphatic rings. The second-order valence-corrected chi connectivity index (χ2v) is 19.4. The summed E-state index contributed by atoms with van der Waals surface area (Å²) in [7, 11) is 0. The molecule has 0 bridgehead atoms. The molecule has 0 fully saturated rings. The molecule has 12 rings (SSSR count). The molecule has 0 heterocycles. The first-order valence-electron chi connectivity index (χ1n) is 23.7. The SMILES string of the molecule is CC(C)(C)c1ccc(C2(c3ccc(O)cc3)c3ccccc3-c3ccc(N(c4ccc(-c5ccccc5)cc4)c4ccc5c(c4)C(c4ccccc4)(c4ccccc4)c4ccccc4-5)cc32)cc1. The Balaban J connectivity index is 1.13. The molecule has 1 N–H and O–H groups in total. The lowest BCUT2D eigenvalue weighted by atomic mass is 9.67. The van der Waals surface area contributed by atoms with E-state index in [0.29, 0.717) is 0 Å². The lowest BCUT2D eigenvalue weighted by molar-refractivity contribution is 0.475. The van der Waals surface area contributed by atoms with Crippen molar-refractivity contribution in [3.8, 4) is 39.1 Å². The third kappa shape index (κ3) is 6.32. The molecule has 0 saturated heterocycles. The summed E-state index contributed by atoms with van der Waals surface area (Å²) in [4.78, 5) is 2.45. The van der Waals surface area contributed by atoms with E-state index in [2.05, 4.69) is 262 Å². The molecule has 326 valence electrons. The summed E-state index contributed by atoms with van der Waals surface area (Å²) in [6.45, 7) is 6.81. The molecule has 68 heavy (non-hydrogen) atoms. The number of phenols is 1. The molecule has 0 aliphatic heterocycles. The number of hydrogen-bond acceptors (Lipinski definition) is 2. The molecule has 2 nitrogen and oxygen atoms in total. The van der Waals surface area contributed by atoms with Crippen LogP contribution in [0, 0.1) is 0 Å². The van der Waals surface area contributed by atoms with Gasteiger partial charge in [0.15, 0.2) is 0 Å². The van der Waals surface area contributed by atoms with Crippen molar-refractivity contribution in [3.05, 3.63) is 299 Å². The Kier molecular flexibility index (Phi) is 9.71. The summed E-state index contributed by atoms with van der Waals surface area (Å²) in [6, 6.07) is 90.9. The molecule has 0 aromatic heterocycles. The van der Waals surface area contributed by atoms with Crippen LogP contribution >= 0.6 is 0 Å². The molecule has 10 aromatic carbocycles. The van der Waals surface area contributed by atoms with Gasteiger partial charge in [-0.15, -0.1) is 0 Å². The number of phenolic OH excluding ortho intramolecular Hbond substituents is 1. The zero-order valence-electron chi connectivity index (χ0n) is 38.6. The van der Waals surface area contributed by atoms with E-state index in [1.165, 1.54) is 77.9 Å². The van der Waals surface area contributed by atoms with E-state index in [1.54, 1.807) is 0 Å². The normalized spacial score (nSPS) is 15.2. The molecule has 1 atom stereocenters. The summed E-state index contributed by atoms with van der Waals surface area (Å²) in [6.07, 6.45) is 0. The van der Waals surface area contributed by atoms with Crippen molar-refractivity contribution in [1.82, 2.24) is 0 Å². The first-order chi connectivity index (χ1) is 33.3. The fourth-order valence-electron chi connectivity index (χ4n) is 11.6. The molecule has 0 amide bonds. The summed E-state index contributed by atoms with van der Waals surface area (Å²) in [5.74, 6) is 0.248. The van der Waals surface area contributed by atoms with Gasteiger partial charge in [-0.05, 0) is 137 Å². The smallest absolute Gasteiger partial charge is 0.115 e. The average molecular weight is 874 g/mol. The molecule has 2 aliphatic carbocycles. The van der Waals surface area contributed by atoms with Crippen LogP contribution < -0.4 is 4.90 Å². The fraction of sp³-hybridized carbons (Fsp3) is 0.0909. The van der Waals surface area contributed by atoms with Crippen molar-refractivity contribution in [1.29, 1.82) is 0 Å². The van der Waals surface area contributed by atoms with Crippen LogP contribution in [0.2, 0.25) is 0 Å². The molecule has 0 spiro atoms. The summed E-state index contributed by atoms with van der Waals surface area (Å²) < 4.78 is 0. The van der Waals surface area contributed by atoms with Gasteiger partial charge in [0.05, 0.1) is 10.8 Å². The zero-order chi connectivity index (χ0) is 46.0. The number of anilines is 3. The Hall–Kier alpha value is -8.20. The molecular weight excluding hydrogens is 823 g/mol. The highest BCUT2D eigenvalue weighted by Crippen LogP contribution is 2.60.